The number of ether oxygens (including phenoxy) is 3. The Morgan fingerprint density at radius 1 is 0.929 bits per heavy atom. The number of rotatable bonds is 5. The summed E-state index contributed by atoms with van der Waals surface area (Å²) in [7, 11) is 0. The van der Waals surface area contributed by atoms with E-state index in [2.05, 4.69) is 5.32 Å². The maximum absolute atomic E-state index is 11.5. The molecule has 1 amide bonds. The molecule has 11 nitrogen and oxygen atoms in total. The Morgan fingerprint density at radius 2 is 1.46 bits per heavy atom. The zero-order chi connectivity index (χ0) is 21.6. The van der Waals surface area contributed by atoms with E-state index in [1.807, 2.05) is 13.8 Å². The molecule has 2 rings (SSSR count). The molecule has 10 atom stereocenters. The first kappa shape index (κ1) is 25.1. The average Bonchev–Trinajstić information content (AvgIpc) is 2.68. The molecule has 0 radical (unpaired) electrons. The summed E-state index contributed by atoms with van der Waals surface area (Å²) in [5.41, 5.74) is 0. The van der Waals surface area contributed by atoms with Crippen molar-refractivity contribution >= 4 is 5.91 Å². The van der Waals surface area contributed by atoms with Crippen molar-refractivity contribution < 1.29 is 49.6 Å². The van der Waals surface area contributed by atoms with Gasteiger partial charge in [-0.3, -0.25) is 4.79 Å². The van der Waals surface area contributed by atoms with Crippen LogP contribution in [0.15, 0.2) is 0 Å². The summed E-state index contributed by atoms with van der Waals surface area (Å²) in [5.74, 6) is -0.414. The minimum absolute atomic E-state index is 0.414. The summed E-state index contributed by atoms with van der Waals surface area (Å²) in [6.07, 6.45) is -11.7. The van der Waals surface area contributed by atoms with Crippen LogP contribution in [-0.2, 0) is 19.0 Å². The number of amides is 1. The average molecular weight is 411 g/mol. The minimum atomic E-state index is -1.66. The third-order valence-corrected chi connectivity index (χ3v) is 4.66. The fraction of sp³-hybridized carbons (Fsp3) is 0.941. The molecule has 0 aromatic rings. The molecule has 2 aliphatic rings. The number of carbonyl (C=O) groups is 1. The molecule has 7 N–H and O–H groups in total. The van der Waals surface area contributed by atoms with E-state index in [0.717, 1.165) is 0 Å². The molecule has 4 unspecified atom stereocenters. The molecule has 0 saturated carbocycles. The van der Waals surface area contributed by atoms with Crippen LogP contribution < -0.4 is 5.32 Å². The van der Waals surface area contributed by atoms with E-state index in [-0.39, 0.29) is 0 Å². The number of hydrogen-bond donors (Lipinski definition) is 7. The van der Waals surface area contributed by atoms with Crippen molar-refractivity contribution in [3.05, 3.63) is 0 Å². The Morgan fingerprint density at radius 3 is 1.96 bits per heavy atom. The Bertz CT molecular complexity index is 479. The minimum Gasteiger partial charge on any atom is -0.394 e. The van der Waals surface area contributed by atoms with Gasteiger partial charge in [0, 0.05) is 6.92 Å². The quantitative estimate of drug-likeness (QED) is 0.244. The smallest absolute Gasteiger partial charge is 0.217 e. The highest BCUT2D eigenvalue weighted by Gasteiger charge is 2.50. The summed E-state index contributed by atoms with van der Waals surface area (Å²) < 4.78 is 16.4. The van der Waals surface area contributed by atoms with E-state index in [9.17, 15) is 35.4 Å². The van der Waals surface area contributed by atoms with E-state index in [1.54, 1.807) is 6.92 Å². The van der Waals surface area contributed by atoms with Crippen LogP contribution in [0.25, 0.3) is 0 Å². The van der Waals surface area contributed by atoms with Crippen molar-refractivity contribution in [2.24, 2.45) is 0 Å². The fourth-order valence-corrected chi connectivity index (χ4v) is 3.22. The molecule has 0 aliphatic carbocycles. The first-order valence-corrected chi connectivity index (χ1v) is 9.38. The van der Waals surface area contributed by atoms with Gasteiger partial charge in [0.15, 0.2) is 6.29 Å². The van der Waals surface area contributed by atoms with Gasteiger partial charge in [0.05, 0.1) is 25.4 Å². The van der Waals surface area contributed by atoms with E-state index in [4.69, 9.17) is 14.2 Å². The van der Waals surface area contributed by atoms with Crippen molar-refractivity contribution in [1.29, 1.82) is 0 Å². The first-order valence-electron chi connectivity index (χ1n) is 9.38. The Kier molecular flexibility index (Phi) is 10.2. The second-order valence-corrected chi connectivity index (χ2v) is 6.58. The molecule has 0 spiro atoms. The molecule has 11 heteroatoms. The maximum Gasteiger partial charge on any atom is 0.217 e. The molecule has 2 saturated heterocycles. The molecular weight excluding hydrogens is 378 g/mol. The van der Waals surface area contributed by atoms with Gasteiger partial charge in [-0.05, 0) is 6.92 Å². The first-order chi connectivity index (χ1) is 13.2. The van der Waals surface area contributed by atoms with Crippen molar-refractivity contribution in [1.82, 2.24) is 5.32 Å². The van der Waals surface area contributed by atoms with Crippen LogP contribution in [-0.4, -0.2) is 111 Å². The molecule has 2 heterocycles. The van der Waals surface area contributed by atoms with Crippen molar-refractivity contribution in [3.8, 4) is 0 Å². The predicted molar refractivity (Wildman–Crippen MR) is 95.0 cm³/mol. The molecule has 28 heavy (non-hydrogen) atoms. The molecular formula is C17H33NO10. The topological polar surface area (TPSA) is 178 Å². The van der Waals surface area contributed by atoms with Gasteiger partial charge >= 0.3 is 0 Å². The van der Waals surface area contributed by atoms with Crippen LogP contribution in [0.2, 0.25) is 0 Å². The van der Waals surface area contributed by atoms with Gasteiger partial charge < -0.3 is 50.2 Å². The highest BCUT2D eigenvalue weighted by molar-refractivity contribution is 5.73. The van der Waals surface area contributed by atoms with Crippen molar-refractivity contribution in [3.63, 3.8) is 0 Å². The highest BCUT2D eigenvalue weighted by atomic mass is 16.7. The summed E-state index contributed by atoms with van der Waals surface area (Å²) >= 11 is 0. The molecule has 2 aliphatic heterocycles. The Labute approximate surface area is 163 Å². The van der Waals surface area contributed by atoms with Gasteiger partial charge in [0.25, 0.3) is 0 Å². The third kappa shape index (κ3) is 5.59. The third-order valence-electron chi connectivity index (χ3n) is 4.66. The zero-order valence-electron chi connectivity index (χ0n) is 16.5. The molecule has 2 fully saturated rings. The maximum atomic E-state index is 11.5. The highest BCUT2D eigenvalue weighted by Crippen LogP contribution is 2.29. The monoisotopic (exact) mass is 411 g/mol. The van der Waals surface area contributed by atoms with Crippen LogP contribution in [0.3, 0.4) is 0 Å². The lowest BCUT2D eigenvalue weighted by molar-refractivity contribution is -0.331. The van der Waals surface area contributed by atoms with Crippen LogP contribution >= 0.6 is 0 Å². The second kappa shape index (κ2) is 11.3. The lowest BCUT2D eigenvalue weighted by Crippen LogP contribution is -2.67. The number of aliphatic hydroxyl groups excluding tert-OH is 6. The van der Waals surface area contributed by atoms with Gasteiger partial charge in [-0.1, -0.05) is 13.8 Å². The lowest BCUT2D eigenvalue weighted by Gasteiger charge is -2.47. The Balaban J connectivity index is 0.00000190. The van der Waals surface area contributed by atoms with E-state index >= 15 is 0 Å². The summed E-state index contributed by atoms with van der Waals surface area (Å²) in [6, 6.07) is -0.835. The summed E-state index contributed by atoms with van der Waals surface area (Å²) in [5, 5.41) is 61.4. The van der Waals surface area contributed by atoms with E-state index < -0.39 is 80.3 Å². The van der Waals surface area contributed by atoms with Crippen molar-refractivity contribution in [2.75, 3.05) is 13.2 Å². The SMILES string of the molecule is CC.CC(=O)N[C@H]1C(O[C@@H]2OC(CO)[C@H](O)C(O)[C@@H]2O)[C@H](O)C(CO)O[C@H]1C. The van der Waals surface area contributed by atoms with Crippen LogP contribution in [0.4, 0.5) is 0 Å². The Hall–Kier alpha value is -0.890. The van der Waals surface area contributed by atoms with Gasteiger partial charge in [0.2, 0.25) is 5.91 Å². The van der Waals surface area contributed by atoms with Gasteiger partial charge in [-0.2, -0.15) is 0 Å². The standard InChI is InChI=1S/C15H27NO10.C2H6/c1-5-9(16-6(2)19)14(11(21)8(4-18)24-5)26-15-13(23)12(22)10(20)7(3-17)25-15;1-2/h5,7-15,17-18,20-23H,3-4H2,1-2H3,(H,16,19);1-2H3/t5-,7?,8?,9+,10-,11+,12?,13-,14?,15-;/m0./s1. The number of carbonyl (C=O) groups excluding carboxylic acids is 1. The van der Waals surface area contributed by atoms with Crippen LogP contribution in [0.5, 0.6) is 0 Å². The van der Waals surface area contributed by atoms with E-state index in [1.165, 1.54) is 6.92 Å². The van der Waals surface area contributed by atoms with Crippen LogP contribution in [0.1, 0.15) is 27.7 Å². The summed E-state index contributed by atoms with van der Waals surface area (Å²) in [4.78, 5) is 11.5. The zero-order valence-corrected chi connectivity index (χ0v) is 16.5. The normalized spacial score (nSPS) is 43.6. The van der Waals surface area contributed by atoms with Gasteiger partial charge in [-0.25, -0.2) is 0 Å². The van der Waals surface area contributed by atoms with Gasteiger partial charge in [-0.15, -0.1) is 0 Å². The molecule has 0 bridgehead atoms. The van der Waals surface area contributed by atoms with Crippen LogP contribution in [0, 0.1) is 0 Å². The second-order valence-electron chi connectivity index (χ2n) is 6.58. The molecule has 166 valence electrons. The number of aliphatic hydroxyl groups is 6. The molecule has 0 aromatic carbocycles. The van der Waals surface area contributed by atoms with Crippen molar-refractivity contribution in [2.45, 2.75) is 88.9 Å². The number of nitrogens with one attached hydrogen (secondary N) is 1. The fourth-order valence-electron chi connectivity index (χ4n) is 3.22. The number of hydrogen-bond acceptors (Lipinski definition) is 10. The van der Waals surface area contributed by atoms with E-state index in [0.29, 0.717) is 0 Å². The van der Waals surface area contributed by atoms with Gasteiger partial charge in [0.1, 0.15) is 42.7 Å². The predicted octanol–water partition coefficient (Wildman–Crippen LogP) is -3.16. The lowest BCUT2D eigenvalue weighted by atomic mass is 9.92. The molecule has 0 aromatic heterocycles. The largest absolute Gasteiger partial charge is 0.394 e. The summed E-state index contributed by atoms with van der Waals surface area (Å²) in [6.45, 7) is 5.74.